The summed E-state index contributed by atoms with van der Waals surface area (Å²) in [5.41, 5.74) is 1.06. The number of rotatable bonds is 33. The maximum absolute atomic E-state index is 12.4. The summed E-state index contributed by atoms with van der Waals surface area (Å²) in [5, 5.41) is 6.18. The molecule has 1 heterocycles. The van der Waals surface area contributed by atoms with Crippen LogP contribution in [0.5, 0.6) is 0 Å². The lowest BCUT2D eigenvalue weighted by atomic mass is 10.1. The fourth-order valence-electron chi connectivity index (χ4n) is 6.59. The lowest BCUT2D eigenvalue weighted by Gasteiger charge is -2.13. The van der Waals surface area contributed by atoms with Crippen LogP contribution in [-0.4, -0.2) is 60.2 Å². The van der Waals surface area contributed by atoms with Gasteiger partial charge in [-0.3, -0.25) is 24.1 Å². The molecule has 0 fully saturated rings. The van der Waals surface area contributed by atoms with Crippen molar-refractivity contribution in [3.05, 3.63) is 35.4 Å². The smallest absolute Gasteiger partial charge is 0.261 e. The van der Waals surface area contributed by atoms with E-state index in [2.05, 4.69) is 16.9 Å². The predicted molar refractivity (Wildman–Crippen MR) is 206 cm³/mol. The number of fused-ring (bicyclic) bond motifs is 1. The van der Waals surface area contributed by atoms with E-state index in [-0.39, 0.29) is 23.6 Å². The maximum Gasteiger partial charge on any atom is 0.261 e. The molecule has 1 aliphatic heterocycles. The van der Waals surface area contributed by atoms with Crippen LogP contribution in [0, 0.1) is 0 Å². The molecule has 2 rings (SSSR count). The van der Waals surface area contributed by atoms with Gasteiger partial charge in [0.1, 0.15) is 0 Å². The number of nitrogens with one attached hydrogen (secondary N) is 2. The van der Waals surface area contributed by atoms with Gasteiger partial charge >= 0.3 is 0 Å². The second-order valence-corrected chi connectivity index (χ2v) is 15.0. The number of carbonyl (C=O) groups excluding carboxylic acids is 4. The van der Waals surface area contributed by atoms with Gasteiger partial charge in [-0.05, 0) is 62.7 Å². The third kappa shape index (κ3) is 20.8. The molecule has 1 aromatic carbocycles. The fourth-order valence-corrected chi connectivity index (χ4v) is 7.09. The Morgan fingerprint density at radius 3 is 1.27 bits per heavy atom. The summed E-state index contributed by atoms with van der Waals surface area (Å²) in [7, 11) is 0. The molecular weight excluding hydrogens is 631 g/mol. The molecule has 4 amide bonds. The van der Waals surface area contributed by atoms with Gasteiger partial charge < -0.3 is 10.6 Å². The van der Waals surface area contributed by atoms with Crippen LogP contribution in [0.2, 0.25) is 0 Å². The van der Waals surface area contributed by atoms with Crippen LogP contribution < -0.4 is 10.6 Å². The van der Waals surface area contributed by atoms with E-state index in [1.807, 2.05) is 11.8 Å². The highest BCUT2D eigenvalue weighted by Gasteiger charge is 2.34. The fraction of sp³-hybridized carbons (Fsp3) is 0.756. The zero-order chi connectivity index (χ0) is 35.2. The van der Waals surface area contributed by atoms with Gasteiger partial charge in [0.25, 0.3) is 11.8 Å². The molecule has 0 bridgehead atoms. The van der Waals surface area contributed by atoms with Crippen LogP contribution in [0.25, 0.3) is 0 Å². The highest BCUT2D eigenvalue weighted by molar-refractivity contribution is 7.98. The number of hydrogen-bond donors (Lipinski definition) is 2. The number of unbranched alkanes of at least 4 members (excludes halogenated alkanes) is 21. The van der Waals surface area contributed by atoms with E-state index in [1.54, 1.807) is 24.3 Å². The minimum absolute atomic E-state index is 0.157. The molecule has 0 saturated heterocycles. The van der Waals surface area contributed by atoms with Crippen molar-refractivity contribution in [3.63, 3.8) is 0 Å². The largest absolute Gasteiger partial charge is 0.356 e. The Balaban J connectivity index is 1.24. The van der Waals surface area contributed by atoms with E-state index in [0.29, 0.717) is 30.5 Å². The first-order valence-electron chi connectivity index (χ1n) is 20.0. The predicted octanol–water partition coefficient (Wildman–Crippen LogP) is 10.0. The molecule has 1 aliphatic rings. The van der Waals surface area contributed by atoms with Gasteiger partial charge in [0, 0.05) is 32.5 Å². The molecule has 278 valence electrons. The van der Waals surface area contributed by atoms with Crippen molar-refractivity contribution in [2.24, 2.45) is 0 Å². The Morgan fingerprint density at radius 1 is 0.510 bits per heavy atom. The van der Waals surface area contributed by atoms with Crippen LogP contribution in [0.4, 0.5) is 0 Å². The maximum atomic E-state index is 12.4. The van der Waals surface area contributed by atoms with Crippen LogP contribution in [-0.2, 0) is 9.59 Å². The molecule has 0 unspecified atom stereocenters. The monoisotopic (exact) mass is 700 g/mol. The lowest BCUT2D eigenvalue weighted by Crippen LogP contribution is -2.30. The summed E-state index contributed by atoms with van der Waals surface area (Å²) in [5.74, 6) is 1.39. The molecule has 0 aromatic heterocycles. The second-order valence-electron chi connectivity index (χ2n) is 14.0. The molecular formula is C41H69N3O4S. The molecule has 0 atom stereocenters. The van der Waals surface area contributed by atoms with Crippen LogP contribution in [0.15, 0.2) is 24.3 Å². The lowest BCUT2D eigenvalue weighted by molar-refractivity contribution is -0.122. The number of carbonyl (C=O) groups is 4. The Bertz CT molecular complexity index is 1010. The Morgan fingerprint density at radius 2 is 0.857 bits per heavy atom. The highest BCUT2D eigenvalue weighted by Crippen LogP contribution is 2.23. The minimum atomic E-state index is -0.157. The van der Waals surface area contributed by atoms with Crippen molar-refractivity contribution in [1.29, 1.82) is 0 Å². The number of hydrogen-bond acceptors (Lipinski definition) is 5. The standard InChI is InChI=1S/C41H69N3O4S/c1-49-35-27-19-13-7-5-11-17-25-33-43-38(45)30-20-14-8-2-4-10-16-24-32-42-39(46)31-21-15-9-3-6-12-18-26-34-44-40(47)36-28-22-23-29-37(36)41(44)48/h22-23,28-29H,2-21,24-27,30-35H2,1H3,(H,42,46)(H,43,45). The third-order valence-electron chi connectivity index (χ3n) is 9.66. The van der Waals surface area contributed by atoms with Gasteiger partial charge in [0.15, 0.2) is 0 Å². The van der Waals surface area contributed by atoms with E-state index < -0.39 is 0 Å². The van der Waals surface area contributed by atoms with Crippen molar-refractivity contribution in [2.75, 3.05) is 31.6 Å². The Hall–Kier alpha value is -2.35. The van der Waals surface area contributed by atoms with Crippen molar-refractivity contribution in [3.8, 4) is 0 Å². The van der Waals surface area contributed by atoms with E-state index >= 15 is 0 Å². The van der Waals surface area contributed by atoms with Gasteiger partial charge in [-0.25, -0.2) is 0 Å². The van der Waals surface area contributed by atoms with Crippen molar-refractivity contribution >= 4 is 35.4 Å². The number of imide groups is 1. The molecule has 49 heavy (non-hydrogen) atoms. The first kappa shape index (κ1) is 42.8. The van der Waals surface area contributed by atoms with Crippen LogP contribution >= 0.6 is 11.8 Å². The molecule has 0 aliphatic carbocycles. The van der Waals surface area contributed by atoms with E-state index in [1.165, 1.54) is 94.1 Å². The Labute approximate surface area is 303 Å². The van der Waals surface area contributed by atoms with Crippen molar-refractivity contribution in [2.45, 2.75) is 167 Å². The number of nitrogens with zero attached hydrogens (tertiary/aromatic N) is 1. The van der Waals surface area contributed by atoms with Gasteiger partial charge in [-0.1, -0.05) is 128 Å². The number of thioether (sulfide) groups is 1. The molecule has 1 aromatic rings. The molecule has 0 spiro atoms. The third-order valence-corrected chi connectivity index (χ3v) is 10.4. The molecule has 7 nitrogen and oxygen atoms in total. The number of benzene rings is 1. The van der Waals surface area contributed by atoms with Crippen molar-refractivity contribution in [1.82, 2.24) is 15.5 Å². The minimum Gasteiger partial charge on any atom is -0.356 e. The van der Waals surface area contributed by atoms with Gasteiger partial charge in [0.2, 0.25) is 11.8 Å². The Kier molecular flexibility index (Phi) is 25.7. The van der Waals surface area contributed by atoms with E-state index in [0.717, 1.165) is 83.7 Å². The SMILES string of the molecule is CSCCCCCCCCCCNC(=O)CCCCCCCCCCNC(=O)CCCCCCCCCCN1C(=O)c2ccccc2C1=O. The topological polar surface area (TPSA) is 95.6 Å². The second kappa shape index (κ2) is 29.4. The normalized spacial score (nSPS) is 12.5. The summed E-state index contributed by atoms with van der Waals surface area (Å²) in [4.78, 5) is 50.4. The zero-order valence-electron chi connectivity index (χ0n) is 31.0. The summed E-state index contributed by atoms with van der Waals surface area (Å²) in [6.07, 6.45) is 31.7. The first-order chi connectivity index (χ1) is 24.0. The number of amides is 4. The van der Waals surface area contributed by atoms with Crippen molar-refractivity contribution < 1.29 is 19.2 Å². The van der Waals surface area contributed by atoms with E-state index in [9.17, 15) is 19.2 Å². The summed E-state index contributed by atoms with van der Waals surface area (Å²) >= 11 is 1.95. The average Bonchev–Trinajstić information content (AvgIpc) is 3.35. The van der Waals surface area contributed by atoms with Gasteiger partial charge in [-0.15, -0.1) is 0 Å². The van der Waals surface area contributed by atoms with Crippen LogP contribution in [0.1, 0.15) is 188 Å². The van der Waals surface area contributed by atoms with E-state index in [4.69, 9.17) is 0 Å². The summed E-state index contributed by atoms with van der Waals surface area (Å²) in [6.45, 7) is 2.12. The molecule has 0 radical (unpaired) electrons. The molecule has 2 N–H and O–H groups in total. The summed E-state index contributed by atoms with van der Waals surface area (Å²) in [6, 6.07) is 7.07. The molecule has 0 saturated carbocycles. The highest BCUT2D eigenvalue weighted by atomic mass is 32.2. The van der Waals surface area contributed by atoms with Crippen LogP contribution in [0.3, 0.4) is 0 Å². The summed E-state index contributed by atoms with van der Waals surface area (Å²) < 4.78 is 0. The molecule has 8 heteroatoms. The average molecular weight is 700 g/mol. The van der Waals surface area contributed by atoms with Gasteiger partial charge in [0.05, 0.1) is 11.1 Å². The zero-order valence-corrected chi connectivity index (χ0v) is 31.8. The quantitative estimate of drug-likeness (QED) is 0.0563. The van der Waals surface area contributed by atoms with Gasteiger partial charge in [-0.2, -0.15) is 11.8 Å². The first-order valence-corrected chi connectivity index (χ1v) is 21.4.